The molecule has 0 spiro atoms. The zero-order chi connectivity index (χ0) is 15.6. The topological polar surface area (TPSA) is 59.0 Å². The molecule has 108 valence electrons. The van der Waals surface area contributed by atoms with Gasteiger partial charge in [0.2, 0.25) is 0 Å². The number of ether oxygens (including phenoxy) is 1. The number of alkyl halides is 3. The Morgan fingerprint density at radius 2 is 1.81 bits per heavy atom. The van der Waals surface area contributed by atoms with Crippen LogP contribution in [0.25, 0.3) is 0 Å². The van der Waals surface area contributed by atoms with Crippen LogP contribution in [0.4, 0.5) is 23.2 Å². The van der Waals surface area contributed by atoms with Gasteiger partial charge in [-0.05, 0) is 30.3 Å². The summed E-state index contributed by atoms with van der Waals surface area (Å²) in [6, 6.07) is 7.52. The van der Waals surface area contributed by atoms with Gasteiger partial charge >= 0.3 is 6.18 Å². The SMILES string of the molecule is N#Cc1cc(Oc2cc(F)ccc2N)ccc1C(F)(F)F. The van der Waals surface area contributed by atoms with Crippen LogP contribution in [-0.2, 0) is 6.18 Å². The van der Waals surface area contributed by atoms with E-state index in [-0.39, 0.29) is 17.2 Å². The van der Waals surface area contributed by atoms with E-state index in [1.165, 1.54) is 12.1 Å². The van der Waals surface area contributed by atoms with Crippen LogP contribution in [-0.4, -0.2) is 0 Å². The smallest absolute Gasteiger partial charge is 0.417 e. The first kappa shape index (κ1) is 14.7. The lowest BCUT2D eigenvalue weighted by atomic mass is 10.1. The van der Waals surface area contributed by atoms with E-state index in [4.69, 9.17) is 15.7 Å². The Kier molecular flexibility index (Phi) is 3.72. The lowest BCUT2D eigenvalue weighted by Crippen LogP contribution is -2.07. The van der Waals surface area contributed by atoms with Gasteiger partial charge in [0.05, 0.1) is 22.9 Å². The molecule has 7 heteroatoms. The van der Waals surface area contributed by atoms with Crippen LogP contribution in [0, 0.1) is 17.1 Å². The van der Waals surface area contributed by atoms with Crippen LogP contribution in [0.5, 0.6) is 11.5 Å². The van der Waals surface area contributed by atoms with Crippen LogP contribution in [0.1, 0.15) is 11.1 Å². The second-order valence-corrected chi connectivity index (χ2v) is 4.10. The minimum atomic E-state index is -4.64. The number of anilines is 1. The van der Waals surface area contributed by atoms with Crippen molar-refractivity contribution in [1.29, 1.82) is 5.26 Å². The zero-order valence-electron chi connectivity index (χ0n) is 10.4. The first-order valence-electron chi connectivity index (χ1n) is 5.65. The molecular weight excluding hydrogens is 288 g/mol. The number of nitrogens with two attached hydrogens (primary N) is 1. The molecule has 0 aliphatic carbocycles. The average molecular weight is 296 g/mol. The molecule has 0 aromatic heterocycles. The van der Waals surface area contributed by atoms with Gasteiger partial charge in [-0.15, -0.1) is 0 Å². The van der Waals surface area contributed by atoms with Gasteiger partial charge in [0, 0.05) is 6.07 Å². The van der Waals surface area contributed by atoms with Crippen molar-refractivity contribution < 1.29 is 22.3 Å². The van der Waals surface area contributed by atoms with E-state index in [9.17, 15) is 17.6 Å². The minimum Gasteiger partial charge on any atom is -0.455 e. The van der Waals surface area contributed by atoms with E-state index in [1.807, 2.05) is 0 Å². The largest absolute Gasteiger partial charge is 0.455 e. The Labute approximate surface area is 117 Å². The fourth-order valence-corrected chi connectivity index (χ4v) is 1.65. The summed E-state index contributed by atoms with van der Waals surface area (Å²) in [5.41, 5.74) is 4.04. The predicted octanol–water partition coefficient (Wildman–Crippen LogP) is 4.09. The number of hydrogen-bond acceptors (Lipinski definition) is 3. The van der Waals surface area contributed by atoms with Crippen molar-refractivity contribution in [1.82, 2.24) is 0 Å². The highest BCUT2D eigenvalue weighted by molar-refractivity contribution is 5.55. The second kappa shape index (κ2) is 5.32. The van der Waals surface area contributed by atoms with Gasteiger partial charge in [-0.2, -0.15) is 18.4 Å². The highest BCUT2D eigenvalue weighted by atomic mass is 19.4. The maximum Gasteiger partial charge on any atom is 0.417 e. The third-order valence-electron chi connectivity index (χ3n) is 2.62. The van der Waals surface area contributed by atoms with Crippen molar-refractivity contribution in [2.75, 3.05) is 5.73 Å². The molecule has 0 aliphatic rings. The molecular formula is C14H8F4N2O. The highest BCUT2D eigenvalue weighted by Crippen LogP contribution is 2.35. The van der Waals surface area contributed by atoms with E-state index in [0.29, 0.717) is 0 Å². The van der Waals surface area contributed by atoms with E-state index >= 15 is 0 Å². The zero-order valence-corrected chi connectivity index (χ0v) is 10.4. The number of halogens is 4. The van der Waals surface area contributed by atoms with Crippen molar-refractivity contribution >= 4 is 5.69 Å². The molecule has 2 aromatic carbocycles. The summed E-state index contributed by atoms with van der Waals surface area (Å²) < 4.78 is 56.2. The summed E-state index contributed by atoms with van der Waals surface area (Å²) in [6.07, 6.45) is -4.64. The quantitative estimate of drug-likeness (QED) is 0.670. The van der Waals surface area contributed by atoms with Gasteiger partial charge in [0.1, 0.15) is 11.6 Å². The summed E-state index contributed by atoms with van der Waals surface area (Å²) in [5.74, 6) is -0.692. The van der Waals surface area contributed by atoms with Crippen LogP contribution in [0.2, 0.25) is 0 Å². The maximum atomic E-state index is 13.1. The molecule has 0 heterocycles. The molecule has 0 amide bonds. The number of benzene rings is 2. The Morgan fingerprint density at radius 3 is 2.43 bits per heavy atom. The van der Waals surface area contributed by atoms with Gasteiger partial charge < -0.3 is 10.5 Å². The lowest BCUT2D eigenvalue weighted by Gasteiger charge is -2.12. The lowest BCUT2D eigenvalue weighted by molar-refractivity contribution is -0.137. The molecule has 2 aromatic rings. The van der Waals surface area contributed by atoms with Crippen molar-refractivity contribution in [2.45, 2.75) is 6.18 Å². The van der Waals surface area contributed by atoms with Crippen molar-refractivity contribution in [3.05, 3.63) is 53.3 Å². The first-order chi connectivity index (χ1) is 9.81. The number of nitrogens with zero attached hydrogens (tertiary/aromatic N) is 1. The molecule has 0 radical (unpaired) electrons. The molecule has 0 bridgehead atoms. The van der Waals surface area contributed by atoms with E-state index in [0.717, 1.165) is 30.3 Å². The van der Waals surface area contributed by atoms with Gasteiger partial charge in [-0.3, -0.25) is 0 Å². The normalized spacial score (nSPS) is 11.0. The number of nitriles is 1. The summed E-state index contributed by atoms with van der Waals surface area (Å²) in [4.78, 5) is 0. The van der Waals surface area contributed by atoms with E-state index in [2.05, 4.69) is 0 Å². The van der Waals surface area contributed by atoms with Crippen LogP contribution >= 0.6 is 0 Å². The molecule has 0 atom stereocenters. The number of hydrogen-bond donors (Lipinski definition) is 1. The molecule has 0 saturated heterocycles. The van der Waals surface area contributed by atoms with Gasteiger partial charge in [-0.1, -0.05) is 0 Å². The fourth-order valence-electron chi connectivity index (χ4n) is 1.65. The Bertz CT molecular complexity index is 720. The Morgan fingerprint density at radius 1 is 1.10 bits per heavy atom. The van der Waals surface area contributed by atoms with Gasteiger partial charge in [0.15, 0.2) is 5.75 Å². The van der Waals surface area contributed by atoms with E-state index < -0.39 is 23.1 Å². The summed E-state index contributed by atoms with van der Waals surface area (Å²) in [7, 11) is 0. The number of nitrogen functional groups attached to an aromatic ring is 1. The molecule has 0 saturated carbocycles. The van der Waals surface area contributed by atoms with Crippen LogP contribution < -0.4 is 10.5 Å². The predicted molar refractivity (Wildman–Crippen MR) is 67.0 cm³/mol. The Balaban J connectivity index is 2.39. The van der Waals surface area contributed by atoms with Crippen molar-refractivity contribution in [2.24, 2.45) is 0 Å². The minimum absolute atomic E-state index is 0.0429. The second-order valence-electron chi connectivity index (χ2n) is 4.10. The highest BCUT2D eigenvalue weighted by Gasteiger charge is 2.33. The molecule has 0 unspecified atom stereocenters. The molecule has 3 nitrogen and oxygen atoms in total. The molecule has 2 N–H and O–H groups in total. The fraction of sp³-hybridized carbons (Fsp3) is 0.0714. The molecule has 0 aliphatic heterocycles. The number of rotatable bonds is 2. The van der Waals surface area contributed by atoms with Crippen molar-refractivity contribution in [3.8, 4) is 17.6 Å². The average Bonchev–Trinajstić information content (AvgIpc) is 2.41. The van der Waals surface area contributed by atoms with Crippen LogP contribution in [0.3, 0.4) is 0 Å². The summed E-state index contributed by atoms with van der Waals surface area (Å²) in [6.45, 7) is 0. The maximum absolute atomic E-state index is 13.1. The Hall–Kier alpha value is -2.75. The van der Waals surface area contributed by atoms with Crippen molar-refractivity contribution in [3.63, 3.8) is 0 Å². The first-order valence-corrected chi connectivity index (χ1v) is 5.65. The monoisotopic (exact) mass is 296 g/mol. The van der Waals surface area contributed by atoms with Crippen LogP contribution in [0.15, 0.2) is 36.4 Å². The molecule has 2 rings (SSSR count). The molecule has 0 fully saturated rings. The summed E-state index contributed by atoms with van der Waals surface area (Å²) >= 11 is 0. The molecule has 21 heavy (non-hydrogen) atoms. The third kappa shape index (κ3) is 3.23. The third-order valence-corrected chi connectivity index (χ3v) is 2.62. The van der Waals surface area contributed by atoms with Gasteiger partial charge in [0.25, 0.3) is 0 Å². The standard InChI is InChI=1S/C14H8F4N2O/c15-9-1-4-12(20)13(6-9)21-10-2-3-11(14(16,17)18)8(5-10)7-19/h1-6H,20H2. The van der Waals surface area contributed by atoms with E-state index in [1.54, 1.807) is 0 Å². The van der Waals surface area contributed by atoms with Gasteiger partial charge in [-0.25, -0.2) is 4.39 Å². The summed E-state index contributed by atoms with van der Waals surface area (Å²) in [5, 5.41) is 8.78.